The summed E-state index contributed by atoms with van der Waals surface area (Å²) in [4.78, 5) is 11.9. The highest BCUT2D eigenvalue weighted by molar-refractivity contribution is 5.79. The lowest BCUT2D eigenvalue weighted by atomic mass is 9.88. The van der Waals surface area contributed by atoms with E-state index in [0.717, 1.165) is 24.1 Å². The smallest absolute Gasteiger partial charge is 0.224 e. The summed E-state index contributed by atoms with van der Waals surface area (Å²) in [6.07, 6.45) is 1.94. The maximum Gasteiger partial charge on any atom is 0.224 e. The minimum atomic E-state index is -0.0218. The lowest BCUT2D eigenvalue weighted by Gasteiger charge is -2.24. The first-order chi connectivity index (χ1) is 8.85. The molecular formula is C14H24N2O3. The zero-order chi connectivity index (χ0) is 14.5. The van der Waals surface area contributed by atoms with E-state index in [4.69, 9.17) is 9.63 Å². The van der Waals surface area contributed by atoms with Gasteiger partial charge in [-0.2, -0.15) is 0 Å². The second kappa shape index (κ2) is 6.70. The Balaban J connectivity index is 2.44. The third-order valence-corrected chi connectivity index (χ3v) is 3.29. The number of aromatic nitrogens is 1. The molecule has 1 rings (SSSR count). The minimum Gasteiger partial charge on any atom is -0.396 e. The van der Waals surface area contributed by atoms with Crippen LogP contribution < -0.4 is 5.32 Å². The van der Waals surface area contributed by atoms with Crippen molar-refractivity contribution in [3.05, 3.63) is 17.0 Å². The molecule has 0 saturated carbocycles. The monoisotopic (exact) mass is 268 g/mol. The molecule has 0 aliphatic heterocycles. The molecule has 5 heteroatoms. The van der Waals surface area contributed by atoms with Gasteiger partial charge >= 0.3 is 0 Å². The van der Waals surface area contributed by atoms with Gasteiger partial charge in [0.1, 0.15) is 5.76 Å². The number of rotatable bonds is 7. The van der Waals surface area contributed by atoms with Crippen molar-refractivity contribution in [2.45, 2.75) is 47.0 Å². The second-order valence-corrected chi connectivity index (χ2v) is 5.75. The highest BCUT2D eigenvalue weighted by atomic mass is 16.5. The van der Waals surface area contributed by atoms with Crippen LogP contribution in [0.3, 0.4) is 0 Å². The van der Waals surface area contributed by atoms with Crippen LogP contribution in [0.2, 0.25) is 0 Å². The average molecular weight is 268 g/mol. The molecule has 1 aromatic rings. The van der Waals surface area contributed by atoms with Crippen molar-refractivity contribution in [1.82, 2.24) is 10.5 Å². The lowest BCUT2D eigenvalue weighted by Crippen LogP contribution is -2.35. The van der Waals surface area contributed by atoms with E-state index in [9.17, 15) is 4.79 Å². The highest BCUT2D eigenvalue weighted by Crippen LogP contribution is 2.21. The zero-order valence-corrected chi connectivity index (χ0v) is 12.2. The third kappa shape index (κ3) is 5.03. The Kier molecular flexibility index (Phi) is 5.54. The summed E-state index contributed by atoms with van der Waals surface area (Å²) in [5, 5.41) is 15.6. The molecular weight excluding hydrogens is 244 g/mol. The first-order valence-electron chi connectivity index (χ1n) is 6.65. The molecule has 0 unspecified atom stereocenters. The molecule has 1 amide bonds. The Bertz CT molecular complexity index is 405. The van der Waals surface area contributed by atoms with Crippen molar-refractivity contribution in [2.75, 3.05) is 13.2 Å². The van der Waals surface area contributed by atoms with E-state index in [1.54, 1.807) is 0 Å². The average Bonchev–Trinajstić information content (AvgIpc) is 2.66. The van der Waals surface area contributed by atoms with Crippen LogP contribution in [0.4, 0.5) is 0 Å². The van der Waals surface area contributed by atoms with Crippen LogP contribution >= 0.6 is 0 Å². The van der Waals surface area contributed by atoms with Crippen molar-refractivity contribution >= 4 is 5.91 Å². The Morgan fingerprint density at radius 3 is 2.63 bits per heavy atom. The van der Waals surface area contributed by atoms with Gasteiger partial charge in [-0.15, -0.1) is 0 Å². The summed E-state index contributed by atoms with van der Waals surface area (Å²) in [6.45, 7) is 8.61. The molecule has 0 saturated heterocycles. The molecule has 5 nitrogen and oxygen atoms in total. The van der Waals surface area contributed by atoms with E-state index >= 15 is 0 Å². The molecule has 0 aromatic carbocycles. The van der Waals surface area contributed by atoms with Gasteiger partial charge in [-0.1, -0.05) is 19.0 Å². The molecule has 1 aromatic heterocycles. The van der Waals surface area contributed by atoms with E-state index in [2.05, 4.69) is 24.3 Å². The topological polar surface area (TPSA) is 75.4 Å². The number of aliphatic hydroxyl groups excluding tert-OH is 1. The standard InChI is InChI=1S/C14H24N2O3/c1-10-12(11(2)19-16-10)8-13(18)15-9-14(3,4)6-5-7-17/h17H,5-9H2,1-4H3,(H,15,18). The molecule has 0 radical (unpaired) electrons. The Morgan fingerprint density at radius 2 is 2.11 bits per heavy atom. The highest BCUT2D eigenvalue weighted by Gasteiger charge is 2.19. The Morgan fingerprint density at radius 1 is 1.42 bits per heavy atom. The first kappa shape index (κ1) is 15.7. The van der Waals surface area contributed by atoms with Crippen LogP contribution in [0.1, 0.15) is 43.7 Å². The molecule has 108 valence electrons. The van der Waals surface area contributed by atoms with E-state index in [-0.39, 0.29) is 17.9 Å². The van der Waals surface area contributed by atoms with Gasteiger partial charge in [0, 0.05) is 18.7 Å². The van der Waals surface area contributed by atoms with Gasteiger partial charge in [0.2, 0.25) is 5.91 Å². The number of carbonyl (C=O) groups is 1. The summed E-state index contributed by atoms with van der Waals surface area (Å²) >= 11 is 0. The van der Waals surface area contributed by atoms with Crippen molar-refractivity contribution in [1.29, 1.82) is 0 Å². The SMILES string of the molecule is Cc1noc(C)c1CC(=O)NCC(C)(C)CCCO. The van der Waals surface area contributed by atoms with Crippen LogP contribution in [0.25, 0.3) is 0 Å². The molecule has 0 spiro atoms. The van der Waals surface area contributed by atoms with Crippen LogP contribution in [-0.4, -0.2) is 29.3 Å². The Hall–Kier alpha value is -1.36. The summed E-state index contributed by atoms with van der Waals surface area (Å²) in [6, 6.07) is 0. The molecule has 0 atom stereocenters. The fourth-order valence-electron chi connectivity index (χ4n) is 1.96. The normalized spacial score (nSPS) is 11.6. The van der Waals surface area contributed by atoms with Gasteiger partial charge in [0.25, 0.3) is 0 Å². The van der Waals surface area contributed by atoms with Crippen LogP contribution in [0, 0.1) is 19.3 Å². The second-order valence-electron chi connectivity index (χ2n) is 5.75. The largest absolute Gasteiger partial charge is 0.396 e. The van der Waals surface area contributed by atoms with Gasteiger partial charge in [-0.25, -0.2) is 0 Å². The summed E-state index contributed by atoms with van der Waals surface area (Å²) in [5.74, 6) is 0.679. The van der Waals surface area contributed by atoms with Gasteiger partial charge < -0.3 is 14.9 Å². The van der Waals surface area contributed by atoms with Crippen LogP contribution in [0.15, 0.2) is 4.52 Å². The zero-order valence-electron chi connectivity index (χ0n) is 12.2. The number of hydrogen-bond donors (Lipinski definition) is 2. The number of nitrogens with zero attached hydrogens (tertiary/aromatic N) is 1. The number of aliphatic hydroxyl groups is 1. The van der Waals surface area contributed by atoms with Crippen molar-refractivity contribution < 1.29 is 14.4 Å². The van der Waals surface area contributed by atoms with Gasteiger partial charge in [0.05, 0.1) is 12.1 Å². The lowest BCUT2D eigenvalue weighted by molar-refractivity contribution is -0.120. The van der Waals surface area contributed by atoms with Gasteiger partial charge in [-0.05, 0) is 32.1 Å². The van der Waals surface area contributed by atoms with Crippen LogP contribution in [0.5, 0.6) is 0 Å². The molecule has 2 N–H and O–H groups in total. The molecule has 0 fully saturated rings. The molecule has 0 bridgehead atoms. The molecule has 0 aliphatic rings. The summed E-state index contributed by atoms with van der Waals surface area (Å²) < 4.78 is 5.04. The van der Waals surface area contributed by atoms with E-state index in [1.165, 1.54) is 0 Å². The molecule has 0 aliphatic carbocycles. The number of carbonyl (C=O) groups excluding carboxylic acids is 1. The number of hydrogen-bond acceptors (Lipinski definition) is 4. The van der Waals surface area contributed by atoms with E-state index < -0.39 is 0 Å². The Labute approximate surface area is 114 Å². The maximum atomic E-state index is 11.9. The number of amides is 1. The van der Waals surface area contributed by atoms with E-state index in [0.29, 0.717) is 18.7 Å². The predicted molar refractivity (Wildman–Crippen MR) is 72.8 cm³/mol. The third-order valence-electron chi connectivity index (χ3n) is 3.29. The fraction of sp³-hybridized carbons (Fsp3) is 0.714. The van der Waals surface area contributed by atoms with Gasteiger partial charge in [-0.3, -0.25) is 4.79 Å². The van der Waals surface area contributed by atoms with E-state index in [1.807, 2.05) is 13.8 Å². The van der Waals surface area contributed by atoms with Crippen molar-refractivity contribution in [3.63, 3.8) is 0 Å². The first-order valence-corrected chi connectivity index (χ1v) is 6.65. The van der Waals surface area contributed by atoms with Gasteiger partial charge in [0.15, 0.2) is 0 Å². The number of aryl methyl sites for hydroxylation is 2. The molecule has 1 heterocycles. The summed E-state index contributed by atoms with van der Waals surface area (Å²) in [5.41, 5.74) is 1.63. The number of nitrogens with one attached hydrogen (secondary N) is 1. The fourth-order valence-corrected chi connectivity index (χ4v) is 1.96. The summed E-state index contributed by atoms with van der Waals surface area (Å²) in [7, 11) is 0. The van der Waals surface area contributed by atoms with Crippen molar-refractivity contribution in [2.24, 2.45) is 5.41 Å². The molecule has 19 heavy (non-hydrogen) atoms. The quantitative estimate of drug-likeness (QED) is 0.790. The van der Waals surface area contributed by atoms with Crippen molar-refractivity contribution in [3.8, 4) is 0 Å². The van der Waals surface area contributed by atoms with Crippen LogP contribution in [-0.2, 0) is 11.2 Å². The minimum absolute atomic E-state index is 0.00285. The predicted octanol–water partition coefficient (Wildman–Crippen LogP) is 1.75. The maximum absolute atomic E-state index is 11.9.